The fourth-order valence-electron chi connectivity index (χ4n) is 2.52. The van der Waals surface area contributed by atoms with Gasteiger partial charge < -0.3 is 19.9 Å². The van der Waals surface area contributed by atoms with Gasteiger partial charge in [0.15, 0.2) is 11.5 Å². The molecular formula is C13H19NO3. The summed E-state index contributed by atoms with van der Waals surface area (Å²) in [6, 6.07) is 2.00. The molecule has 17 heavy (non-hydrogen) atoms. The predicted octanol–water partition coefficient (Wildman–Crippen LogP) is 1.90. The summed E-state index contributed by atoms with van der Waals surface area (Å²) >= 11 is 0. The normalized spacial score (nSPS) is 22.2. The zero-order valence-corrected chi connectivity index (χ0v) is 10.7. The van der Waals surface area contributed by atoms with Gasteiger partial charge in [-0.1, -0.05) is 6.92 Å². The first-order valence-electron chi connectivity index (χ1n) is 5.71. The highest BCUT2D eigenvalue weighted by atomic mass is 16.5. The van der Waals surface area contributed by atoms with E-state index in [9.17, 15) is 0 Å². The maximum atomic E-state index is 6.21. The van der Waals surface area contributed by atoms with Crippen LogP contribution in [0.25, 0.3) is 0 Å². The van der Waals surface area contributed by atoms with Gasteiger partial charge in [-0.2, -0.15) is 0 Å². The summed E-state index contributed by atoms with van der Waals surface area (Å²) in [6.07, 6.45) is 0.952. The fourth-order valence-corrected chi connectivity index (χ4v) is 2.52. The second-order valence-corrected chi connectivity index (χ2v) is 4.43. The van der Waals surface area contributed by atoms with E-state index in [-0.39, 0.29) is 6.04 Å². The molecule has 2 unspecified atom stereocenters. The zero-order chi connectivity index (χ0) is 12.6. The van der Waals surface area contributed by atoms with Gasteiger partial charge in [-0.3, -0.25) is 0 Å². The van der Waals surface area contributed by atoms with Crippen molar-refractivity contribution in [2.24, 2.45) is 11.7 Å². The molecule has 0 spiro atoms. The number of ether oxygens (including phenoxy) is 3. The second-order valence-electron chi connectivity index (χ2n) is 4.43. The molecule has 94 valence electrons. The molecule has 0 aliphatic heterocycles. The molecule has 0 saturated heterocycles. The molecule has 0 amide bonds. The van der Waals surface area contributed by atoms with Crippen molar-refractivity contribution in [3.8, 4) is 17.2 Å². The van der Waals surface area contributed by atoms with Gasteiger partial charge in [0.1, 0.15) is 0 Å². The van der Waals surface area contributed by atoms with Gasteiger partial charge >= 0.3 is 0 Å². The molecule has 1 aromatic rings. The molecule has 2 rings (SSSR count). The minimum atomic E-state index is -0.000226. The lowest BCUT2D eigenvalue weighted by molar-refractivity contribution is 0.320. The Balaban J connectivity index is 2.65. The van der Waals surface area contributed by atoms with Crippen LogP contribution in [-0.2, 0) is 6.42 Å². The summed E-state index contributed by atoms with van der Waals surface area (Å²) in [5, 5.41) is 0. The van der Waals surface area contributed by atoms with E-state index in [4.69, 9.17) is 19.9 Å². The van der Waals surface area contributed by atoms with Crippen LogP contribution in [0.1, 0.15) is 24.1 Å². The van der Waals surface area contributed by atoms with E-state index in [1.165, 1.54) is 5.56 Å². The number of nitrogens with two attached hydrogens (primary N) is 1. The molecule has 2 atom stereocenters. The maximum absolute atomic E-state index is 6.21. The summed E-state index contributed by atoms with van der Waals surface area (Å²) in [7, 11) is 4.87. The molecule has 2 N–H and O–H groups in total. The van der Waals surface area contributed by atoms with Gasteiger partial charge in [-0.15, -0.1) is 0 Å². The van der Waals surface area contributed by atoms with Crippen LogP contribution in [0.15, 0.2) is 6.07 Å². The number of hydrogen-bond donors (Lipinski definition) is 1. The number of methoxy groups -OCH3 is 3. The molecule has 1 aromatic carbocycles. The second kappa shape index (κ2) is 4.45. The first-order chi connectivity index (χ1) is 8.13. The molecule has 0 aromatic heterocycles. The van der Waals surface area contributed by atoms with E-state index in [1.54, 1.807) is 21.3 Å². The van der Waals surface area contributed by atoms with E-state index in [0.717, 1.165) is 12.0 Å². The Bertz CT molecular complexity index is 431. The molecule has 0 fully saturated rings. The third-order valence-electron chi connectivity index (χ3n) is 3.44. The highest BCUT2D eigenvalue weighted by Gasteiger charge is 2.33. The quantitative estimate of drug-likeness (QED) is 0.872. The van der Waals surface area contributed by atoms with E-state index in [2.05, 4.69) is 6.92 Å². The Morgan fingerprint density at radius 1 is 1.12 bits per heavy atom. The SMILES string of the molecule is COc1cc2c(c(OC)c1OC)C(N)C(C)C2. The van der Waals surface area contributed by atoms with E-state index >= 15 is 0 Å². The molecule has 0 saturated carbocycles. The largest absolute Gasteiger partial charge is 0.493 e. The summed E-state index contributed by atoms with van der Waals surface area (Å²) in [5.74, 6) is 2.44. The highest BCUT2D eigenvalue weighted by molar-refractivity contribution is 5.61. The number of rotatable bonds is 3. The Morgan fingerprint density at radius 3 is 2.29 bits per heavy atom. The molecule has 0 radical (unpaired) electrons. The van der Waals surface area contributed by atoms with Crippen LogP contribution in [0, 0.1) is 5.92 Å². The molecule has 1 aliphatic rings. The van der Waals surface area contributed by atoms with Crippen molar-refractivity contribution in [1.82, 2.24) is 0 Å². The molecular weight excluding hydrogens is 218 g/mol. The molecule has 0 heterocycles. The lowest BCUT2D eigenvalue weighted by atomic mass is 10.0. The van der Waals surface area contributed by atoms with Crippen molar-refractivity contribution >= 4 is 0 Å². The first-order valence-corrected chi connectivity index (χ1v) is 5.71. The Hall–Kier alpha value is -1.42. The number of fused-ring (bicyclic) bond motifs is 1. The Labute approximate surface area is 102 Å². The van der Waals surface area contributed by atoms with Gasteiger partial charge in [-0.05, 0) is 24.0 Å². The van der Waals surface area contributed by atoms with E-state index < -0.39 is 0 Å². The van der Waals surface area contributed by atoms with Crippen molar-refractivity contribution in [1.29, 1.82) is 0 Å². The van der Waals surface area contributed by atoms with Crippen LogP contribution < -0.4 is 19.9 Å². The van der Waals surface area contributed by atoms with Crippen molar-refractivity contribution in [3.63, 3.8) is 0 Å². The minimum absolute atomic E-state index is 0.000226. The topological polar surface area (TPSA) is 53.7 Å². The lowest BCUT2D eigenvalue weighted by Gasteiger charge is -2.18. The Kier molecular flexibility index (Phi) is 3.15. The molecule has 0 bridgehead atoms. The number of benzene rings is 1. The van der Waals surface area contributed by atoms with Gasteiger partial charge in [-0.25, -0.2) is 0 Å². The van der Waals surface area contributed by atoms with E-state index in [0.29, 0.717) is 23.2 Å². The monoisotopic (exact) mass is 237 g/mol. The van der Waals surface area contributed by atoms with Crippen LogP contribution in [0.4, 0.5) is 0 Å². The van der Waals surface area contributed by atoms with Gasteiger partial charge in [0.05, 0.1) is 21.3 Å². The lowest BCUT2D eigenvalue weighted by Crippen LogP contribution is -2.14. The standard InChI is InChI=1S/C13H19NO3/c1-7-5-8-6-9(15-2)12(16-3)13(17-4)10(8)11(7)14/h6-7,11H,5,14H2,1-4H3. The van der Waals surface area contributed by atoms with E-state index in [1.807, 2.05) is 6.07 Å². The maximum Gasteiger partial charge on any atom is 0.203 e. The van der Waals surface area contributed by atoms with Gasteiger partial charge in [0.2, 0.25) is 5.75 Å². The minimum Gasteiger partial charge on any atom is -0.493 e. The predicted molar refractivity (Wildman–Crippen MR) is 65.9 cm³/mol. The van der Waals surface area contributed by atoms with Crippen molar-refractivity contribution in [3.05, 3.63) is 17.2 Å². The van der Waals surface area contributed by atoms with Crippen LogP contribution in [0.5, 0.6) is 17.2 Å². The Morgan fingerprint density at radius 2 is 1.76 bits per heavy atom. The van der Waals surface area contributed by atoms with Crippen molar-refractivity contribution in [2.75, 3.05) is 21.3 Å². The van der Waals surface area contributed by atoms with Crippen LogP contribution in [0.3, 0.4) is 0 Å². The number of hydrogen-bond acceptors (Lipinski definition) is 4. The zero-order valence-electron chi connectivity index (χ0n) is 10.7. The summed E-state index contributed by atoms with van der Waals surface area (Å²) < 4.78 is 16.1. The molecule has 4 heteroatoms. The average molecular weight is 237 g/mol. The van der Waals surface area contributed by atoms with Crippen LogP contribution in [-0.4, -0.2) is 21.3 Å². The third kappa shape index (κ3) is 1.72. The van der Waals surface area contributed by atoms with Crippen LogP contribution >= 0.6 is 0 Å². The fraction of sp³-hybridized carbons (Fsp3) is 0.538. The third-order valence-corrected chi connectivity index (χ3v) is 3.44. The van der Waals surface area contributed by atoms with Crippen molar-refractivity contribution < 1.29 is 14.2 Å². The summed E-state index contributed by atoms with van der Waals surface area (Å²) in [5.41, 5.74) is 8.45. The average Bonchev–Trinajstić information content (AvgIpc) is 2.62. The van der Waals surface area contributed by atoms with Crippen molar-refractivity contribution in [2.45, 2.75) is 19.4 Å². The smallest absolute Gasteiger partial charge is 0.203 e. The van der Waals surface area contributed by atoms with Gasteiger partial charge in [0.25, 0.3) is 0 Å². The molecule has 1 aliphatic carbocycles. The highest BCUT2D eigenvalue weighted by Crippen LogP contribution is 2.49. The summed E-state index contributed by atoms with van der Waals surface area (Å²) in [4.78, 5) is 0. The van der Waals surface area contributed by atoms with Crippen LogP contribution in [0.2, 0.25) is 0 Å². The van der Waals surface area contributed by atoms with Gasteiger partial charge in [0, 0.05) is 11.6 Å². The first kappa shape index (κ1) is 12.0. The summed E-state index contributed by atoms with van der Waals surface area (Å²) in [6.45, 7) is 2.14. The molecule has 4 nitrogen and oxygen atoms in total.